The third kappa shape index (κ3) is 8.07. The molecule has 0 spiro atoms. The number of fused-ring (bicyclic) bond motifs is 5. The number of rotatable bonds is 6. The zero-order valence-electron chi connectivity index (χ0n) is 29.9. The number of amides is 3. The molecule has 0 aromatic heterocycles. The molecule has 0 radical (unpaired) electrons. The van der Waals surface area contributed by atoms with Gasteiger partial charge in [0.2, 0.25) is 11.8 Å². The highest BCUT2D eigenvalue weighted by Crippen LogP contribution is 2.61. The van der Waals surface area contributed by atoms with Crippen molar-refractivity contribution in [1.82, 2.24) is 10.2 Å². The average Bonchev–Trinajstić information content (AvgIpc) is 3.76. The van der Waals surface area contributed by atoms with Crippen LogP contribution in [0.15, 0.2) is 35.9 Å². The van der Waals surface area contributed by atoms with Gasteiger partial charge in [-0.25, -0.2) is 9.59 Å². The molecule has 12 nitrogen and oxygen atoms in total. The molecule has 3 aliphatic rings. The molecule has 49 heavy (non-hydrogen) atoms. The molecule has 1 aromatic rings. The molecule has 0 unspecified atom stereocenters. The van der Waals surface area contributed by atoms with E-state index in [4.69, 9.17) is 30.5 Å². The number of nitrogens with zero attached hydrogens (tertiary/aromatic N) is 2. The topological polar surface area (TPSA) is 144 Å². The SMILES string of the molecule is CCC(=O)N(C)[C@@H](C)C(=O)O[C@H]1CC(=O)N(C)c2cc(cc(OC)c2Cl)C/C(C)=C/C=C/[C@@H](OC)[C@@]2(O)C[C@H](OC(=O)N2)[C@@H](C)[C@@H]2C[C@]12C. The zero-order chi connectivity index (χ0) is 36.4. The van der Waals surface area contributed by atoms with Gasteiger partial charge >= 0.3 is 12.1 Å². The average molecular weight is 704 g/mol. The van der Waals surface area contributed by atoms with Gasteiger partial charge in [-0.3, -0.25) is 14.9 Å². The maximum absolute atomic E-state index is 14.1. The molecular weight excluding hydrogens is 654 g/mol. The van der Waals surface area contributed by atoms with Crippen LogP contribution in [0, 0.1) is 17.3 Å². The molecule has 1 saturated carbocycles. The normalized spacial score (nSPS) is 32.8. The van der Waals surface area contributed by atoms with Gasteiger partial charge in [0.15, 0.2) is 5.72 Å². The van der Waals surface area contributed by atoms with Crippen LogP contribution in [0.3, 0.4) is 0 Å². The van der Waals surface area contributed by atoms with Crippen molar-refractivity contribution in [3.63, 3.8) is 0 Å². The van der Waals surface area contributed by atoms with Crippen LogP contribution in [-0.4, -0.2) is 92.3 Å². The molecule has 2 aliphatic heterocycles. The number of likely N-dealkylation sites (N-methyl/N-ethyl adjacent to an activating group) is 1. The van der Waals surface area contributed by atoms with Crippen molar-refractivity contribution in [3.8, 4) is 5.75 Å². The van der Waals surface area contributed by atoms with E-state index in [0.29, 0.717) is 24.3 Å². The molecule has 2 heterocycles. The summed E-state index contributed by atoms with van der Waals surface area (Å²) in [5.41, 5.74) is -0.232. The van der Waals surface area contributed by atoms with Crippen molar-refractivity contribution >= 4 is 41.2 Å². The van der Waals surface area contributed by atoms with Gasteiger partial charge in [-0.15, -0.1) is 0 Å². The number of allylic oxidation sites excluding steroid dienone is 3. The van der Waals surface area contributed by atoms with Crippen LogP contribution in [0.4, 0.5) is 10.5 Å². The lowest BCUT2D eigenvalue weighted by molar-refractivity contribution is -0.163. The molecule has 13 heteroatoms. The number of methoxy groups -OCH3 is 2. The third-order valence-electron chi connectivity index (χ3n) is 10.5. The second-order valence-electron chi connectivity index (χ2n) is 13.9. The number of ether oxygens (including phenoxy) is 4. The van der Waals surface area contributed by atoms with E-state index in [0.717, 1.165) is 11.1 Å². The van der Waals surface area contributed by atoms with E-state index < -0.39 is 47.6 Å². The molecule has 3 amide bonds. The summed E-state index contributed by atoms with van der Waals surface area (Å²) in [5, 5.41) is 14.5. The summed E-state index contributed by atoms with van der Waals surface area (Å²) in [6.07, 6.45) is 3.20. The van der Waals surface area contributed by atoms with Gasteiger partial charge in [0.1, 0.15) is 35.1 Å². The summed E-state index contributed by atoms with van der Waals surface area (Å²) < 4.78 is 23.1. The molecule has 8 atom stereocenters. The van der Waals surface area contributed by atoms with Crippen LogP contribution >= 0.6 is 11.6 Å². The number of anilines is 1. The van der Waals surface area contributed by atoms with Gasteiger partial charge in [-0.1, -0.05) is 56.2 Å². The molecule has 4 bridgehead atoms. The van der Waals surface area contributed by atoms with Gasteiger partial charge in [0.05, 0.1) is 19.2 Å². The minimum absolute atomic E-state index is 0.0369. The number of aliphatic hydroxyl groups is 1. The van der Waals surface area contributed by atoms with Crippen LogP contribution in [0.5, 0.6) is 5.75 Å². The number of halogens is 1. The summed E-state index contributed by atoms with van der Waals surface area (Å²) in [7, 11) is 6.12. The predicted molar refractivity (Wildman–Crippen MR) is 184 cm³/mol. The molecule has 2 fully saturated rings. The minimum Gasteiger partial charge on any atom is -0.495 e. The molecular formula is C36H50ClN3O9. The van der Waals surface area contributed by atoms with Crippen LogP contribution in [-0.2, 0) is 35.0 Å². The fourth-order valence-electron chi connectivity index (χ4n) is 7.02. The van der Waals surface area contributed by atoms with E-state index >= 15 is 0 Å². The highest BCUT2D eigenvalue weighted by atomic mass is 35.5. The number of carbonyl (C=O) groups excluding carboxylic acids is 4. The van der Waals surface area contributed by atoms with Crippen LogP contribution in [0.2, 0.25) is 5.02 Å². The summed E-state index contributed by atoms with van der Waals surface area (Å²) >= 11 is 6.75. The van der Waals surface area contributed by atoms with Crippen molar-refractivity contribution in [1.29, 1.82) is 0 Å². The first-order chi connectivity index (χ1) is 23.0. The number of esters is 1. The fourth-order valence-corrected chi connectivity index (χ4v) is 7.34. The van der Waals surface area contributed by atoms with Gasteiger partial charge in [0, 0.05) is 39.5 Å². The van der Waals surface area contributed by atoms with Crippen molar-refractivity contribution in [3.05, 3.63) is 46.5 Å². The summed E-state index contributed by atoms with van der Waals surface area (Å²) in [6.45, 7) is 9.10. The summed E-state index contributed by atoms with van der Waals surface area (Å²) in [6, 6.07) is 2.75. The Morgan fingerprint density at radius 3 is 2.57 bits per heavy atom. The quantitative estimate of drug-likeness (QED) is 0.400. The summed E-state index contributed by atoms with van der Waals surface area (Å²) in [5.74, 6) is -1.24. The van der Waals surface area contributed by atoms with E-state index in [9.17, 15) is 24.3 Å². The first-order valence-corrected chi connectivity index (χ1v) is 17.0. The first-order valence-electron chi connectivity index (χ1n) is 16.7. The first kappa shape index (κ1) is 38.2. The van der Waals surface area contributed by atoms with Crippen molar-refractivity contribution in [2.24, 2.45) is 17.3 Å². The number of alkyl carbamates (subject to hydrolysis) is 1. The van der Waals surface area contributed by atoms with Crippen LogP contribution in [0.1, 0.15) is 65.9 Å². The van der Waals surface area contributed by atoms with Crippen LogP contribution < -0.4 is 15.0 Å². The standard InChI is InChI=1S/C36H50ClN3O9/c1-10-30(41)39(6)22(4)33(43)49-29-17-31(42)40(7)25-15-23(16-26(46-8)32(25)37)14-20(2)12-11-13-28(47-9)36(45)19-27(48-34(44)38-36)21(3)24-18-35(24,29)5/h11-13,15-16,21-22,24,27-29,45H,10,14,17-19H2,1-9H3,(H,38,44)/b13-11+,20-12+/t21-,22-,24-,27-,28+,29-,35-,36-/m0/s1. The maximum Gasteiger partial charge on any atom is 0.409 e. The van der Waals surface area contributed by atoms with Gasteiger partial charge < -0.3 is 33.9 Å². The predicted octanol–water partition coefficient (Wildman–Crippen LogP) is 4.79. The lowest BCUT2D eigenvalue weighted by Gasteiger charge is -2.42. The Morgan fingerprint density at radius 2 is 1.94 bits per heavy atom. The molecule has 270 valence electrons. The van der Waals surface area contributed by atoms with Crippen molar-refractivity contribution in [2.75, 3.05) is 33.2 Å². The Balaban J connectivity index is 1.79. The second-order valence-corrected chi connectivity index (χ2v) is 14.2. The molecule has 1 aromatic carbocycles. The van der Waals surface area contributed by atoms with E-state index in [-0.39, 0.29) is 47.9 Å². The molecule has 2 N–H and O–H groups in total. The number of hydrogen-bond donors (Lipinski definition) is 2. The molecule has 1 saturated heterocycles. The smallest absolute Gasteiger partial charge is 0.409 e. The Hall–Kier alpha value is -3.61. The molecule has 4 rings (SSSR count). The largest absolute Gasteiger partial charge is 0.495 e. The summed E-state index contributed by atoms with van der Waals surface area (Å²) in [4.78, 5) is 55.6. The second kappa shape index (κ2) is 15.1. The fraction of sp³-hybridized carbons (Fsp3) is 0.611. The van der Waals surface area contributed by atoms with Crippen molar-refractivity contribution < 1.29 is 43.2 Å². The highest BCUT2D eigenvalue weighted by molar-refractivity contribution is 6.35. The minimum atomic E-state index is -1.76. The monoisotopic (exact) mass is 703 g/mol. The Morgan fingerprint density at radius 1 is 1.24 bits per heavy atom. The van der Waals surface area contributed by atoms with E-state index in [1.165, 1.54) is 24.0 Å². The maximum atomic E-state index is 14.1. The number of benzene rings is 1. The number of carbonyl (C=O) groups is 4. The lowest BCUT2D eigenvalue weighted by Crippen LogP contribution is -2.63. The highest BCUT2D eigenvalue weighted by Gasteiger charge is 2.62. The van der Waals surface area contributed by atoms with Gasteiger partial charge in [0.25, 0.3) is 0 Å². The lowest BCUT2D eigenvalue weighted by atomic mass is 9.83. The Kier molecular flexibility index (Phi) is 11.8. The van der Waals surface area contributed by atoms with Gasteiger partial charge in [-0.05, 0) is 56.2 Å². The third-order valence-corrected chi connectivity index (χ3v) is 10.9. The zero-order valence-corrected chi connectivity index (χ0v) is 30.6. The van der Waals surface area contributed by atoms with Gasteiger partial charge in [-0.2, -0.15) is 0 Å². The number of hydrogen-bond acceptors (Lipinski definition) is 9. The van der Waals surface area contributed by atoms with E-state index in [1.54, 1.807) is 40.1 Å². The Labute approximate surface area is 293 Å². The Bertz CT molecular complexity index is 1510. The number of nitrogens with one attached hydrogen (secondary N) is 1. The van der Waals surface area contributed by atoms with Crippen LogP contribution in [0.25, 0.3) is 0 Å². The van der Waals surface area contributed by atoms with E-state index in [1.807, 2.05) is 39.0 Å². The van der Waals surface area contributed by atoms with Crippen molar-refractivity contribution in [2.45, 2.75) is 96.8 Å². The van der Waals surface area contributed by atoms with E-state index in [2.05, 4.69) is 5.32 Å². The molecule has 1 aliphatic carbocycles.